The van der Waals surface area contributed by atoms with Gasteiger partial charge in [0, 0.05) is 5.41 Å². The molecule has 0 nitrogen and oxygen atoms in total. The van der Waals surface area contributed by atoms with Gasteiger partial charge in [0.05, 0.1) is 0 Å². The van der Waals surface area contributed by atoms with Crippen molar-refractivity contribution in [3.05, 3.63) is 0 Å². The lowest BCUT2D eigenvalue weighted by Crippen LogP contribution is -2.21. The summed E-state index contributed by atoms with van der Waals surface area (Å²) in [6.45, 7) is 5.34. The van der Waals surface area contributed by atoms with Crippen LogP contribution in [0.1, 0.15) is 46.5 Å². The van der Waals surface area contributed by atoms with E-state index in [1.807, 2.05) is 0 Å². The molecule has 0 N–H and O–H groups in total. The summed E-state index contributed by atoms with van der Waals surface area (Å²) in [6.07, 6.45) is 1.54. The van der Waals surface area contributed by atoms with Crippen LogP contribution in [0.5, 0.6) is 0 Å². The van der Waals surface area contributed by atoms with Crippen LogP contribution in [0.3, 0.4) is 0 Å². The molecule has 0 saturated carbocycles. The van der Waals surface area contributed by atoms with Crippen molar-refractivity contribution < 1.29 is 8.78 Å². The molecular weight excluding hydrogens is 146 g/mol. The van der Waals surface area contributed by atoms with E-state index >= 15 is 0 Å². The Morgan fingerprint density at radius 2 is 1.73 bits per heavy atom. The fraction of sp³-hybridized carbons (Fsp3) is 1.00. The van der Waals surface area contributed by atoms with Crippen LogP contribution in [0.4, 0.5) is 8.78 Å². The second kappa shape index (κ2) is 4.68. The Morgan fingerprint density at radius 1 is 1.18 bits per heavy atom. The molecular formula is C9H18F2. The zero-order chi connectivity index (χ0) is 8.91. The molecule has 0 aliphatic heterocycles. The Balaban J connectivity index is 3.55. The molecule has 0 aliphatic carbocycles. The van der Waals surface area contributed by atoms with Crippen molar-refractivity contribution in [1.29, 1.82) is 0 Å². The third-order valence-electron chi connectivity index (χ3n) is 2.02. The Labute approximate surface area is 68.0 Å². The predicted octanol–water partition coefficient (Wildman–Crippen LogP) is 3.86. The lowest BCUT2D eigenvalue weighted by atomic mass is 9.87. The van der Waals surface area contributed by atoms with Crippen LogP contribution in [-0.4, -0.2) is 6.43 Å². The summed E-state index contributed by atoms with van der Waals surface area (Å²) in [4.78, 5) is 0. The molecule has 0 spiro atoms. The smallest absolute Gasteiger partial charge is 0.210 e. The van der Waals surface area contributed by atoms with Crippen molar-refractivity contribution >= 4 is 0 Å². The van der Waals surface area contributed by atoms with Gasteiger partial charge in [-0.15, -0.1) is 0 Å². The van der Waals surface area contributed by atoms with Gasteiger partial charge < -0.3 is 0 Å². The summed E-state index contributed by atoms with van der Waals surface area (Å²) < 4.78 is 24.5. The van der Waals surface area contributed by atoms with Crippen LogP contribution in [0.2, 0.25) is 0 Å². The van der Waals surface area contributed by atoms with Crippen molar-refractivity contribution in [3.8, 4) is 0 Å². The molecule has 0 saturated heterocycles. The van der Waals surface area contributed by atoms with Gasteiger partial charge >= 0.3 is 0 Å². The highest BCUT2D eigenvalue weighted by Crippen LogP contribution is 2.30. The lowest BCUT2D eigenvalue weighted by molar-refractivity contribution is 0.0125. The van der Waals surface area contributed by atoms with Gasteiger partial charge in [-0.3, -0.25) is 0 Å². The van der Waals surface area contributed by atoms with Gasteiger partial charge in [-0.05, 0) is 6.42 Å². The third-order valence-corrected chi connectivity index (χ3v) is 2.02. The summed E-state index contributed by atoms with van der Waals surface area (Å²) in [5.74, 6) is 0. The average molecular weight is 164 g/mol. The molecule has 0 rings (SSSR count). The molecule has 0 radical (unpaired) electrons. The molecule has 0 aromatic heterocycles. The summed E-state index contributed by atoms with van der Waals surface area (Å²) in [5, 5.41) is 0. The summed E-state index contributed by atoms with van der Waals surface area (Å²) >= 11 is 0. The molecule has 11 heavy (non-hydrogen) atoms. The minimum Gasteiger partial charge on any atom is -0.210 e. The first-order valence-electron chi connectivity index (χ1n) is 4.29. The maximum atomic E-state index is 12.2. The van der Waals surface area contributed by atoms with Gasteiger partial charge in [0.15, 0.2) is 0 Å². The van der Waals surface area contributed by atoms with E-state index in [2.05, 4.69) is 6.92 Å². The van der Waals surface area contributed by atoms with Gasteiger partial charge in [0.1, 0.15) is 0 Å². The standard InChI is InChI=1S/C9H18F2/c1-4-5-6-7-9(2,3)8(10)11/h8H,4-7H2,1-3H3. The summed E-state index contributed by atoms with van der Waals surface area (Å²) in [7, 11) is 0. The SMILES string of the molecule is CCCCCC(C)(C)C(F)F. The van der Waals surface area contributed by atoms with Crippen molar-refractivity contribution in [1.82, 2.24) is 0 Å². The third kappa shape index (κ3) is 4.33. The highest BCUT2D eigenvalue weighted by Gasteiger charge is 2.28. The van der Waals surface area contributed by atoms with E-state index in [9.17, 15) is 8.78 Å². The monoisotopic (exact) mass is 164 g/mol. The van der Waals surface area contributed by atoms with Crippen molar-refractivity contribution in [2.45, 2.75) is 52.9 Å². The van der Waals surface area contributed by atoms with E-state index in [0.717, 1.165) is 19.3 Å². The fourth-order valence-electron chi connectivity index (χ4n) is 0.940. The number of rotatable bonds is 5. The van der Waals surface area contributed by atoms with E-state index in [1.165, 1.54) is 0 Å². The topological polar surface area (TPSA) is 0 Å². The molecule has 0 aromatic carbocycles. The largest absolute Gasteiger partial charge is 0.243 e. The molecule has 0 amide bonds. The van der Waals surface area contributed by atoms with Crippen molar-refractivity contribution in [2.24, 2.45) is 5.41 Å². The van der Waals surface area contributed by atoms with Gasteiger partial charge in [0.25, 0.3) is 0 Å². The van der Waals surface area contributed by atoms with Gasteiger partial charge in [-0.2, -0.15) is 0 Å². The molecule has 2 heteroatoms. The second-order valence-electron chi connectivity index (χ2n) is 3.75. The van der Waals surface area contributed by atoms with Gasteiger partial charge in [0.2, 0.25) is 6.43 Å². The Bertz CT molecular complexity index is 97.7. The average Bonchev–Trinajstić information content (AvgIpc) is 1.88. The fourth-order valence-corrected chi connectivity index (χ4v) is 0.940. The first kappa shape index (κ1) is 10.9. The minimum atomic E-state index is -2.18. The quantitative estimate of drug-likeness (QED) is 0.541. The first-order valence-corrected chi connectivity index (χ1v) is 4.29. The Hall–Kier alpha value is -0.140. The summed E-state index contributed by atoms with van der Waals surface area (Å²) in [6, 6.07) is 0. The van der Waals surface area contributed by atoms with Crippen LogP contribution in [-0.2, 0) is 0 Å². The van der Waals surface area contributed by atoms with E-state index < -0.39 is 11.8 Å². The highest BCUT2D eigenvalue weighted by atomic mass is 19.3. The minimum absolute atomic E-state index is 0.637. The van der Waals surface area contributed by atoms with Crippen molar-refractivity contribution in [2.75, 3.05) is 0 Å². The Kier molecular flexibility index (Phi) is 4.62. The molecule has 0 aliphatic rings. The van der Waals surface area contributed by atoms with Crippen LogP contribution >= 0.6 is 0 Å². The number of hydrogen-bond acceptors (Lipinski definition) is 0. The van der Waals surface area contributed by atoms with Gasteiger partial charge in [-0.1, -0.05) is 40.0 Å². The van der Waals surface area contributed by atoms with Crippen LogP contribution in [0, 0.1) is 5.41 Å². The number of unbranched alkanes of at least 4 members (excludes halogenated alkanes) is 2. The molecule has 0 unspecified atom stereocenters. The zero-order valence-electron chi connectivity index (χ0n) is 7.66. The van der Waals surface area contributed by atoms with E-state index in [-0.39, 0.29) is 0 Å². The zero-order valence-corrected chi connectivity index (χ0v) is 7.66. The molecule has 0 bridgehead atoms. The highest BCUT2D eigenvalue weighted by molar-refractivity contribution is 4.70. The first-order chi connectivity index (χ1) is 5.00. The second-order valence-corrected chi connectivity index (χ2v) is 3.75. The van der Waals surface area contributed by atoms with E-state index in [0.29, 0.717) is 6.42 Å². The molecule has 68 valence electrons. The Morgan fingerprint density at radius 3 is 2.09 bits per heavy atom. The lowest BCUT2D eigenvalue weighted by Gasteiger charge is -2.22. The van der Waals surface area contributed by atoms with Crippen molar-refractivity contribution in [3.63, 3.8) is 0 Å². The molecule has 0 heterocycles. The molecule has 0 fully saturated rings. The number of halogens is 2. The summed E-state index contributed by atoms with van der Waals surface area (Å²) in [5.41, 5.74) is -0.783. The number of alkyl halides is 2. The predicted molar refractivity (Wildman–Crippen MR) is 43.9 cm³/mol. The van der Waals surface area contributed by atoms with Crippen LogP contribution in [0.25, 0.3) is 0 Å². The molecule has 0 atom stereocenters. The van der Waals surface area contributed by atoms with Crippen LogP contribution in [0.15, 0.2) is 0 Å². The van der Waals surface area contributed by atoms with Crippen LogP contribution < -0.4 is 0 Å². The number of hydrogen-bond donors (Lipinski definition) is 0. The van der Waals surface area contributed by atoms with Gasteiger partial charge in [-0.25, -0.2) is 8.78 Å². The van der Waals surface area contributed by atoms with E-state index in [1.54, 1.807) is 13.8 Å². The normalized spacial score (nSPS) is 12.5. The maximum Gasteiger partial charge on any atom is 0.243 e. The maximum absolute atomic E-state index is 12.2. The van der Waals surface area contributed by atoms with E-state index in [4.69, 9.17) is 0 Å². The molecule has 0 aromatic rings.